The summed E-state index contributed by atoms with van der Waals surface area (Å²) >= 11 is 0. The Bertz CT molecular complexity index is 553. The predicted molar refractivity (Wildman–Crippen MR) is 67.9 cm³/mol. The van der Waals surface area contributed by atoms with Gasteiger partial charge in [0.1, 0.15) is 5.82 Å². The lowest BCUT2D eigenvalue weighted by atomic mass is 10.2. The number of methoxy groups -OCH3 is 1. The number of nitrogen functional groups attached to an aromatic ring is 1. The standard InChI is InChI=1S/C12H15FN4O/c1-17-12(18-2)6-9(16-17)7-15-11-4-3-8(14)5-10(11)13/h3-6,15H,7,14H2,1-2H3. The third kappa shape index (κ3) is 2.53. The first kappa shape index (κ1) is 12.2. The largest absolute Gasteiger partial charge is 0.481 e. The van der Waals surface area contributed by atoms with E-state index in [1.165, 1.54) is 6.07 Å². The first-order valence-electron chi connectivity index (χ1n) is 5.46. The van der Waals surface area contributed by atoms with Crippen molar-refractivity contribution in [3.8, 4) is 5.88 Å². The van der Waals surface area contributed by atoms with E-state index in [9.17, 15) is 4.39 Å². The van der Waals surface area contributed by atoms with Crippen LogP contribution in [-0.2, 0) is 13.6 Å². The molecule has 2 rings (SSSR count). The molecule has 0 saturated carbocycles. The topological polar surface area (TPSA) is 65.1 Å². The molecule has 1 heterocycles. The van der Waals surface area contributed by atoms with Crippen LogP contribution >= 0.6 is 0 Å². The number of anilines is 2. The highest BCUT2D eigenvalue weighted by Crippen LogP contribution is 2.18. The van der Waals surface area contributed by atoms with E-state index in [2.05, 4.69) is 10.4 Å². The molecule has 5 nitrogen and oxygen atoms in total. The molecule has 0 atom stereocenters. The van der Waals surface area contributed by atoms with Crippen molar-refractivity contribution < 1.29 is 9.13 Å². The van der Waals surface area contributed by atoms with Gasteiger partial charge in [-0.3, -0.25) is 0 Å². The van der Waals surface area contributed by atoms with Gasteiger partial charge in [-0.05, 0) is 18.2 Å². The molecule has 0 unspecified atom stereocenters. The third-order valence-electron chi connectivity index (χ3n) is 2.55. The van der Waals surface area contributed by atoms with Gasteiger partial charge >= 0.3 is 0 Å². The Morgan fingerprint density at radius 3 is 2.83 bits per heavy atom. The van der Waals surface area contributed by atoms with Gasteiger partial charge in [-0.25, -0.2) is 9.07 Å². The Kier molecular flexibility index (Phi) is 3.36. The van der Waals surface area contributed by atoms with Gasteiger partial charge in [0.2, 0.25) is 5.88 Å². The van der Waals surface area contributed by atoms with Crippen molar-refractivity contribution in [2.45, 2.75) is 6.54 Å². The molecule has 0 radical (unpaired) electrons. The van der Waals surface area contributed by atoms with Crippen LogP contribution in [0.2, 0.25) is 0 Å². The molecule has 0 fully saturated rings. The molecule has 0 saturated heterocycles. The summed E-state index contributed by atoms with van der Waals surface area (Å²) in [6, 6.07) is 6.32. The van der Waals surface area contributed by atoms with Crippen LogP contribution in [0.15, 0.2) is 24.3 Å². The molecule has 0 spiro atoms. The first-order chi connectivity index (χ1) is 8.60. The predicted octanol–water partition coefficient (Wildman–Crippen LogP) is 1.76. The smallest absolute Gasteiger partial charge is 0.211 e. The van der Waals surface area contributed by atoms with Gasteiger partial charge in [-0.15, -0.1) is 0 Å². The maximum Gasteiger partial charge on any atom is 0.211 e. The van der Waals surface area contributed by atoms with E-state index in [4.69, 9.17) is 10.5 Å². The van der Waals surface area contributed by atoms with Gasteiger partial charge in [0.05, 0.1) is 25.0 Å². The molecule has 0 aliphatic heterocycles. The summed E-state index contributed by atoms with van der Waals surface area (Å²) in [6.07, 6.45) is 0. The lowest BCUT2D eigenvalue weighted by molar-refractivity contribution is 0.373. The maximum atomic E-state index is 13.5. The zero-order valence-corrected chi connectivity index (χ0v) is 10.3. The molecule has 0 aliphatic rings. The Morgan fingerprint density at radius 1 is 1.44 bits per heavy atom. The molecule has 3 N–H and O–H groups in total. The van der Waals surface area contributed by atoms with E-state index in [1.807, 2.05) is 0 Å². The Hall–Kier alpha value is -2.24. The molecule has 0 bridgehead atoms. The van der Waals surface area contributed by atoms with Crippen molar-refractivity contribution in [3.63, 3.8) is 0 Å². The molecule has 1 aromatic carbocycles. The number of halogens is 1. The second-order valence-electron chi connectivity index (χ2n) is 3.89. The van der Waals surface area contributed by atoms with Gasteiger partial charge < -0.3 is 15.8 Å². The second-order valence-corrected chi connectivity index (χ2v) is 3.89. The number of hydrogen-bond donors (Lipinski definition) is 2. The molecule has 96 valence electrons. The lowest BCUT2D eigenvalue weighted by Gasteiger charge is -2.06. The lowest BCUT2D eigenvalue weighted by Crippen LogP contribution is -2.03. The zero-order valence-electron chi connectivity index (χ0n) is 10.3. The maximum absolute atomic E-state index is 13.5. The van der Waals surface area contributed by atoms with Crippen LogP contribution in [0.5, 0.6) is 5.88 Å². The second kappa shape index (κ2) is 4.95. The van der Waals surface area contributed by atoms with E-state index in [0.29, 0.717) is 23.8 Å². The summed E-state index contributed by atoms with van der Waals surface area (Å²) in [5, 5.41) is 7.18. The van der Waals surface area contributed by atoms with Crippen LogP contribution in [0.3, 0.4) is 0 Å². The molecule has 0 aliphatic carbocycles. The Balaban J connectivity index is 2.06. The zero-order chi connectivity index (χ0) is 13.1. The number of hydrogen-bond acceptors (Lipinski definition) is 4. The number of rotatable bonds is 4. The quantitative estimate of drug-likeness (QED) is 0.811. The summed E-state index contributed by atoms with van der Waals surface area (Å²) in [5.41, 5.74) is 7.04. The fourth-order valence-corrected chi connectivity index (χ4v) is 1.64. The van der Waals surface area contributed by atoms with E-state index < -0.39 is 0 Å². The van der Waals surface area contributed by atoms with Crippen molar-refractivity contribution in [2.75, 3.05) is 18.2 Å². The van der Waals surface area contributed by atoms with Crippen molar-refractivity contribution in [1.29, 1.82) is 0 Å². The van der Waals surface area contributed by atoms with Crippen LogP contribution in [0, 0.1) is 5.82 Å². The van der Waals surface area contributed by atoms with Gasteiger partial charge in [0, 0.05) is 18.8 Å². The number of nitrogens with one attached hydrogen (secondary N) is 1. The number of aromatic nitrogens is 2. The van der Waals surface area contributed by atoms with Crippen LogP contribution in [-0.4, -0.2) is 16.9 Å². The monoisotopic (exact) mass is 250 g/mol. The molecular formula is C12H15FN4O. The van der Waals surface area contributed by atoms with Crippen molar-refractivity contribution in [1.82, 2.24) is 9.78 Å². The van der Waals surface area contributed by atoms with Crippen molar-refractivity contribution in [2.24, 2.45) is 7.05 Å². The minimum Gasteiger partial charge on any atom is -0.481 e. The number of nitrogens with two attached hydrogens (primary N) is 1. The van der Waals surface area contributed by atoms with Gasteiger partial charge in [0.25, 0.3) is 0 Å². The highest BCUT2D eigenvalue weighted by Gasteiger charge is 2.06. The summed E-state index contributed by atoms with van der Waals surface area (Å²) < 4.78 is 20.2. The summed E-state index contributed by atoms with van der Waals surface area (Å²) in [5.74, 6) is 0.280. The minimum atomic E-state index is -0.377. The van der Waals surface area contributed by atoms with E-state index in [1.54, 1.807) is 37.0 Å². The van der Waals surface area contributed by atoms with Crippen LogP contribution in [0.4, 0.5) is 15.8 Å². The fourth-order valence-electron chi connectivity index (χ4n) is 1.64. The number of aryl methyl sites for hydroxylation is 1. The molecule has 0 amide bonds. The van der Waals surface area contributed by atoms with Crippen molar-refractivity contribution in [3.05, 3.63) is 35.8 Å². The SMILES string of the molecule is COc1cc(CNc2ccc(N)cc2F)nn1C. The van der Waals surface area contributed by atoms with Gasteiger partial charge in [-0.2, -0.15) is 5.10 Å². The van der Waals surface area contributed by atoms with E-state index in [0.717, 1.165) is 5.69 Å². The normalized spacial score (nSPS) is 10.4. The van der Waals surface area contributed by atoms with Crippen LogP contribution in [0.25, 0.3) is 0 Å². The van der Waals surface area contributed by atoms with E-state index >= 15 is 0 Å². The Morgan fingerprint density at radius 2 is 2.22 bits per heavy atom. The van der Waals surface area contributed by atoms with Gasteiger partial charge in [-0.1, -0.05) is 0 Å². The molecule has 1 aromatic heterocycles. The number of benzene rings is 1. The average Bonchev–Trinajstić information content (AvgIpc) is 2.69. The average molecular weight is 250 g/mol. The number of nitrogens with zero attached hydrogens (tertiary/aromatic N) is 2. The first-order valence-corrected chi connectivity index (χ1v) is 5.46. The molecule has 18 heavy (non-hydrogen) atoms. The van der Waals surface area contributed by atoms with Crippen LogP contribution < -0.4 is 15.8 Å². The molecule has 6 heteroatoms. The molecular weight excluding hydrogens is 235 g/mol. The van der Waals surface area contributed by atoms with Crippen molar-refractivity contribution >= 4 is 11.4 Å². The Labute approximate surface area is 104 Å². The fraction of sp³-hybridized carbons (Fsp3) is 0.250. The van der Waals surface area contributed by atoms with Gasteiger partial charge in [0.15, 0.2) is 0 Å². The summed E-state index contributed by atoms with van der Waals surface area (Å²) in [6.45, 7) is 0.415. The highest BCUT2D eigenvalue weighted by molar-refractivity contribution is 5.52. The van der Waals surface area contributed by atoms with Crippen LogP contribution in [0.1, 0.15) is 5.69 Å². The minimum absolute atomic E-state index is 0.377. The summed E-state index contributed by atoms with van der Waals surface area (Å²) in [4.78, 5) is 0. The summed E-state index contributed by atoms with van der Waals surface area (Å²) in [7, 11) is 3.36. The van der Waals surface area contributed by atoms with E-state index in [-0.39, 0.29) is 5.82 Å². The number of ether oxygens (including phenoxy) is 1. The highest BCUT2D eigenvalue weighted by atomic mass is 19.1. The third-order valence-corrected chi connectivity index (χ3v) is 2.55. The molecule has 2 aromatic rings.